The van der Waals surface area contributed by atoms with E-state index < -0.39 is 4.93 Å². The van der Waals surface area contributed by atoms with Crippen LogP contribution in [0.3, 0.4) is 0 Å². The number of rotatable bonds is 8. The number of methoxy groups -OCH3 is 1. The number of pyridine rings is 1. The van der Waals surface area contributed by atoms with Crippen LogP contribution < -0.4 is 5.32 Å². The lowest BCUT2D eigenvalue weighted by Crippen LogP contribution is -2.56. The molecular weight excluding hydrogens is 326 g/mol. The molecule has 1 aromatic rings. The monoisotopic (exact) mass is 351 g/mol. The molecule has 1 aliphatic rings. The average molecular weight is 351 g/mol. The smallest absolute Gasteiger partial charge is 0.265 e. The minimum Gasteiger partial charge on any atom is -0.379 e. The third-order valence-electron chi connectivity index (χ3n) is 3.83. The largest absolute Gasteiger partial charge is 0.379 e. The Labute approximate surface area is 147 Å². The summed E-state index contributed by atoms with van der Waals surface area (Å²) in [6.45, 7) is 8.94. The van der Waals surface area contributed by atoms with Crippen LogP contribution in [0.4, 0.5) is 0 Å². The summed E-state index contributed by atoms with van der Waals surface area (Å²) in [7, 11) is 1.56. The van der Waals surface area contributed by atoms with Crippen molar-refractivity contribution in [1.82, 2.24) is 15.2 Å². The number of thioether (sulfide) groups is 1. The first-order valence-corrected chi connectivity index (χ1v) is 8.80. The van der Waals surface area contributed by atoms with E-state index in [1.54, 1.807) is 19.4 Å². The van der Waals surface area contributed by atoms with Gasteiger partial charge < -0.3 is 14.8 Å². The van der Waals surface area contributed by atoms with Gasteiger partial charge in [-0.1, -0.05) is 23.9 Å². The summed E-state index contributed by atoms with van der Waals surface area (Å²) in [5.74, 6) is -0.181. The van der Waals surface area contributed by atoms with Crippen molar-refractivity contribution in [2.45, 2.75) is 22.9 Å². The summed E-state index contributed by atoms with van der Waals surface area (Å²) in [4.78, 5) is 18.4. The van der Waals surface area contributed by atoms with Gasteiger partial charge in [0.05, 0.1) is 18.2 Å². The Morgan fingerprint density at radius 1 is 1.58 bits per heavy atom. The van der Waals surface area contributed by atoms with E-state index in [9.17, 15) is 4.79 Å². The van der Waals surface area contributed by atoms with Gasteiger partial charge in [0, 0.05) is 39.0 Å². The first kappa shape index (κ1) is 18.9. The second-order valence-corrected chi connectivity index (χ2v) is 6.90. The van der Waals surface area contributed by atoms with E-state index in [2.05, 4.69) is 21.8 Å². The number of morpholine rings is 1. The van der Waals surface area contributed by atoms with E-state index in [4.69, 9.17) is 9.47 Å². The summed E-state index contributed by atoms with van der Waals surface area (Å²) in [5.41, 5.74) is 0. The fraction of sp³-hybridized carbons (Fsp3) is 0.529. The Morgan fingerprint density at radius 3 is 2.92 bits per heavy atom. The number of nitrogens with zero attached hydrogens (tertiary/aromatic N) is 2. The highest BCUT2D eigenvalue weighted by Gasteiger charge is 2.42. The van der Waals surface area contributed by atoms with Crippen LogP contribution in [-0.4, -0.2) is 66.7 Å². The predicted molar refractivity (Wildman–Crippen MR) is 94.9 cm³/mol. The number of hydrogen-bond acceptors (Lipinski definition) is 6. The van der Waals surface area contributed by atoms with Crippen LogP contribution in [-0.2, 0) is 14.3 Å². The van der Waals surface area contributed by atoms with E-state index >= 15 is 0 Å². The normalized spacial score (nSPS) is 19.2. The second kappa shape index (κ2) is 9.17. The van der Waals surface area contributed by atoms with Crippen LogP contribution in [0.25, 0.3) is 0 Å². The molecule has 0 aromatic carbocycles. The number of carbonyl (C=O) groups is 1. The second-order valence-electron chi connectivity index (χ2n) is 5.61. The Hall–Kier alpha value is -1.41. The van der Waals surface area contributed by atoms with Gasteiger partial charge in [-0.3, -0.25) is 9.69 Å². The third kappa shape index (κ3) is 5.04. The van der Waals surface area contributed by atoms with Crippen LogP contribution in [0.1, 0.15) is 6.92 Å². The van der Waals surface area contributed by atoms with Gasteiger partial charge in [-0.25, -0.2) is 4.98 Å². The van der Waals surface area contributed by atoms with E-state index in [0.29, 0.717) is 19.8 Å². The molecule has 0 spiro atoms. The van der Waals surface area contributed by atoms with E-state index in [1.165, 1.54) is 11.8 Å². The van der Waals surface area contributed by atoms with Crippen LogP contribution >= 0.6 is 11.8 Å². The Bertz CT molecular complexity index is 537. The fourth-order valence-corrected chi connectivity index (χ4v) is 3.44. The minimum atomic E-state index is -1.08. The fourth-order valence-electron chi connectivity index (χ4n) is 2.36. The number of nitrogens with one attached hydrogen (secondary N) is 1. The molecule has 1 aromatic heterocycles. The number of hydrogen-bond donors (Lipinski definition) is 1. The number of aromatic nitrogens is 1. The van der Waals surface area contributed by atoms with Crippen molar-refractivity contribution in [3.05, 3.63) is 37.1 Å². The standard InChI is InChI=1S/C17H25N3O3S/c1-4-14(2)19-16(21)17(22-3,13-20-9-11-23-12-10-20)24-15-7-5-6-8-18-15/h4-8,14H,1,9-13H2,2-3H3,(H,19,21). The molecule has 1 aliphatic heterocycles. The predicted octanol–water partition coefficient (Wildman–Crippen LogP) is 1.54. The van der Waals surface area contributed by atoms with Gasteiger partial charge in [0.1, 0.15) is 0 Å². The highest BCUT2D eigenvalue weighted by Crippen LogP contribution is 2.34. The summed E-state index contributed by atoms with van der Waals surface area (Å²) < 4.78 is 11.1. The Balaban J connectivity index is 2.22. The van der Waals surface area contributed by atoms with Crippen LogP contribution in [0.2, 0.25) is 0 Å². The molecule has 2 unspecified atom stereocenters. The van der Waals surface area contributed by atoms with Crippen molar-refractivity contribution >= 4 is 17.7 Å². The zero-order chi connectivity index (χ0) is 17.4. The summed E-state index contributed by atoms with van der Waals surface area (Å²) >= 11 is 1.33. The summed E-state index contributed by atoms with van der Waals surface area (Å²) in [6, 6.07) is 5.48. The molecule has 2 heterocycles. The lowest BCUT2D eigenvalue weighted by molar-refractivity contribution is -0.136. The number of amides is 1. The molecule has 132 valence electrons. The highest BCUT2D eigenvalue weighted by molar-refractivity contribution is 8.01. The average Bonchev–Trinajstić information content (AvgIpc) is 2.62. The summed E-state index contributed by atoms with van der Waals surface area (Å²) in [6.07, 6.45) is 3.40. The van der Waals surface area contributed by atoms with Gasteiger partial charge in [0.15, 0.2) is 0 Å². The lowest BCUT2D eigenvalue weighted by Gasteiger charge is -2.37. The minimum absolute atomic E-state index is 0.138. The zero-order valence-corrected chi connectivity index (χ0v) is 15.1. The van der Waals surface area contributed by atoms with Gasteiger partial charge in [0.25, 0.3) is 5.91 Å². The molecule has 2 atom stereocenters. The first-order chi connectivity index (χ1) is 11.6. The molecule has 1 N–H and O–H groups in total. The SMILES string of the molecule is C=CC(C)NC(=O)C(CN1CCOCC1)(OC)Sc1ccccn1. The topological polar surface area (TPSA) is 63.7 Å². The summed E-state index contributed by atoms with van der Waals surface area (Å²) in [5, 5.41) is 3.69. The molecular formula is C17H25N3O3S. The van der Waals surface area contributed by atoms with Crippen molar-refractivity contribution in [2.75, 3.05) is 40.0 Å². The zero-order valence-electron chi connectivity index (χ0n) is 14.2. The van der Waals surface area contributed by atoms with E-state index in [-0.39, 0.29) is 11.9 Å². The van der Waals surface area contributed by atoms with Crippen molar-refractivity contribution in [3.8, 4) is 0 Å². The van der Waals surface area contributed by atoms with Crippen LogP contribution in [0, 0.1) is 0 Å². The van der Waals surface area contributed by atoms with Gasteiger partial charge >= 0.3 is 0 Å². The molecule has 0 saturated carbocycles. The number of carbonyl (C=O) groups excluding carboxylic acids is 1. The van der Waals surface area contributed by atoms with Gasteiger partial charge in [-0.2, -0.15) is 0 Å². The molecule has 1 saturated heterocycles. The molecule has 6 nitrogen and oxygen atoms in total. The molecule has 7 heteroatoms. The number of ether oxygens (including phenoxy) is 2. The molecule has 24 heavy (non-hydrogen) atoms. The Morgan fingerprint density at radius 2 is 2.33 bits per heavy atom. The van der Waals surface area contributed by atoms with Crippen molar-refractivity contribution in [3.63, 3.8) is 0 Å². The Kier molecular flexibility index (Phi) is 7.23. The van der Waals surface area contributed by atoms with Crippen molar-refractivity contribution in [2.24, 2.45) is 0 Å². The van der Waals surface area contributed by atoms with E-state index in [1.807, 2.05) is 25.1 Å². The quantitative estimate of drug-likeness (QED) is 0.435. The van der Waals surface area contributed by atoms with Gasteiger partial charge in [-0.05, 0) is 19.1 Å². The lowest BCUT2D eigenvalue weighted by atomic mass is 10.2. The van der Waals surface area contributed by atoms with Gasteiger partial charge in [0.2, 0.25) is 4.93 Å². The van der Waals surface area contributed by atoms with Crippen molar-refractivity contribution < 1.29 is 14.3 Å². The molecule has 2 rings (SSSR count). The molecule has 0 radical (unpaired) electrons. The molecule has 0 bridgehead atoms. The first-order valence-electron chi connectivity index (χ1n) is 7.98. The third-order valence-corrected chi connectivity index (χ3v) is 5.09. The van der Waals surface area contributed by atoms with Crippen LogP contribution in [0.15, 0.2) is 42.1 Å². The van der Waals surface area contributed by atoms with Crippen LogP contribution in [0.5, 0.6) is 0 Å². The molecule has 1 fully saturated rings. The maximum absolute atomic E-state index is 13.0. The highest BCUT2D eigenvalue weighted by atomic mass is 32.2. The molecule has 1 amide bonds. The van der Waals surface area contributed by atoms with E-state index in [0.717, 1.165) is 18.1 Å². The maximum Gasteiger partial charge on any atom is 0.265 e. The van der Waals surface area contributed by atoms with Gasteiger partial charge in [-0.15, -0.1) is 6.58 Å². The maximum atomic E-state index is 13.0. The van der Waals surface area contributed by atoms with Crippen molar-refractivity contribution in [1.29, 1.82) is 0 Å². The molecule has 0 aliphatic carbocycles.